The molecule has 146 valence electrons. The highest BCUT2D eigenvalue weighted by Gasteiger charge is 2.07. The van der Waals surface area contributed by atoms with E-state index >= 15 is 0 Å². The van der Waals surface area contributed by atoms with Gasteiger partial charge in [0.1, 0.15) is 19.0 Å². The predicted molar refractivity (Wildman–Crippen MR) is 106 cm³/mol. The number of esters is 1. The van der Waals surface area contributed by atoms with Gasteiger partial charge in [0.05, 0.1) is 11.3 Å². The number of nitrogens with two attached hydrogens (primary N) is 1. The fourth-order valence-electron chi connectivity index (χ4n) is 2.17. The summed E-state index contributed by atoms with van der Waals surface area (Å²) >= 11 is 1.62. The van der Waals surface area contributed by atoms with Crippen molar-refractivity contribution >= 4 is 27.8 Å². The van der Waals surface area contributed by atoms with Gasteiger partial charge in [0, 0.05) is 10.6 Å². The zero-order valence-corrected chi connectivity index (χ0v) is 16.9. The van der Waals surface area contributed by atoms with Gasteiger partial charge in [0.25, 0.3) is 0 Å². The molecule has 0 saturated carbocycles. The van der Waals surface area contributed by atoms with Crippen molar-refractivity contribution in [3.8, 4) is 5.75 Å². The summed E-state index contributed by atoms with van der Waals surface area (Å²) in [7, 11) is -3.72. The Morgan fingerprint density at radius 2 is 1.74 bits per heavy atom. The van der Waals surface area contributed by atoms with Crippen molar-refractivity contribution in [2.24, 2.45) is 5.14 Å². The Balaban J connectivity index is 1.63. The van der Waals surface area contributed by atoms with Crippen LogP contribution in [0, 0.1) is 13.8 Å². The Labute approximate surface area is 164 Å². The van der Waals surface area contributed by atoms with Crippen LogP contribution in [0.25, 0.3) is 0 Å². The van der Waals surface area contributed by atoms with Gasteiger partial charge in [0.15, 0.2) is 0 Å². The van der Waals surface area contributed by atoms with Crippen molar-refractivity contribution in [2.45, 2.75) is 30.1 Å². The largest absolute Gasteiger partial charge is 0.490 e. The van der Waals surface area contributed by atoms with E-state index in [0.717, 1.165) is 4.90 Å². The quantitative estimate of drug-likeness (QED) is 0.388. The second-order valence-corrected chi connectivity index (χ2v) is 8.66. The van der Waals surface area contributed by atoms with Crippen LogP contribution in [0.15, 0.2) is 52.3 Å². The molecule has 0 spiro atoms. The first kappa shape index (κ1) is 21.3. The fraction of sp³-hybridized carbons (Fsp3) is 0.316. The maximum atomic E-state index is 11.7. The minimum absolute atomic E-state index is 0.0162. The molecule has 6 nitrogen and oxygen atoms in total. The summed E-state index contributed by atoms with van der Waals surface area (Å²) in [5, 5.41) is 5.02. The normalized spacial score (nSPS) is 11.2. The summed E-state index contributed by atoms with van der Waals surface area (Å²) in [6.07, 6.45) is 0.320. The minimum Gasteiger partial charge on any atom is -0.490 e. The van der Waals surface area contributed by atoms with Crippen LogP contribution in [0.5, 0.6) is 5.75 Å². The van der Waals surface area contributed by atoms with E-state index in [9.17, 15) is 13.2 Å². The lowest BCUT2D eigenvalue weighted by Gasteiger charge is -2.08. The average Bonchev–Trinajstić information content (AvgIpc) is 2.61. The molecule has 0 aromatic heterocycles. The van der Waals surface area contributed by atoms with Gasteiger partial charge in [0.2, 0.25) is 10.0 Å². The molecule has 0 saturated heterocycles. The number of benzene rings is 2. The fourth-order valence-corrected chi connectivity index (χ4v) is 3.61. The van der Waals surface area contributed by atoms with E-state index < -0.39 is 10.0 Å². The third kappa shape index (κ3) is 7.24. The van der Waals surface area contributed by atoms with Crippen LogP contribution in [0.1, 0.15) is 17.5 Å². The van der Waals surface area contributed by atoms with Gasteiger partial charge in [-0.3, -0.25) is 4.79 Å². The second-order valence-electron chi connectivity index (χ2n) is 5.93. The van der Waals surface area contributed by atoms with Gasteiger partial charge in [-0.25, -0.2) is 13.6 Å². The molecule has 0 aliphatic heterocycles. The molecule has 2 aromatic rings. The SMILES string of the molecule is Cc1ccc(SCCC(=O)OCCOc2ccc(S(N)(=O)=O)cc2)cc1C. The second kappa shape index (κ2) is 9.77. The molecule has 0 radical (unpaired) electrons. The molecule has 0 aliphatic carbocycles. The Morgan fingerprint density at radius 1 is 1.04 bits per heavy atom. The highest BCUT2D eigenvalue weighted by Crippen LogP contribution is 2.21. The molecule has 27 heavy (non-hydrogen) atoms. The number of ether oxygens (including phenoxy) is 2. The third-order valence-electron chi connectivity index (χ3n) is 3.82. The van der Waals surface area contributed by atoms with Gasteiger partial charge < -0.3 is 9.47 Å². The molecule has 0 aliphatic rings. The van der Waals surface area contributed by atoms with Crippen LogP contribution in [0.3, 0.4) is 0 Å². The van der Waals surface area contributed by atoms with E-state index in [0.29, 0.717) is 17.9 Å². The van der Waals surface area contributed by atoms with E-state index in [1.807, 2.05) is 6.07 Å². The van der Waals surface area contributed by atoms with Crippen LogP contribution in [-0.4, -0.2) is 33.4 Å². The van der Waals surface area contributed by atoms with Crippen LogP contribution < -0.4 is 9.88 Å². The molecular weight excluding hydrogens is 386 g/mol. The number of sulfonamides is 1. The van der Waals surface area contributed by atoms with E-state index in [-0.39, 0.29) is 24.1 Å². The zero-order chi connectivity index (χ0) is 19.9. The van der Waals surface area contributed by atoms with Crippen molar-refractivity contribution < 1.29 is 22.7 Å². The molecule has 2 rings (SSSR count). The van der Waals surface area contributed by atoms with Gasteiger partial charge >= 0.3 is 5.97 Å². The van der Waals surface area contributed by atoms with E-state index in [1.54, 1.807) is 11.8 Å². The van der Waals surface area contributed by atoms with Crippen molar-refractivity contribution in [2.75, 3.05) is 19.0 Å². The lowest BCUT2D eigenvalue weighted by molar-refractivity contribution is -0.143. The molecular formula is C19H23NO5S2. The Bertz CT molecular complexity index is 879. The number of hydrogen-bond donors (Lipinski definition) is 1. The maximum Gasteiger partial charge on any atom is 0.306 e. The van der Waals surface area contributed by atoms with E-state index in [4.69, 9.17) is 14.6 Å². The van der Waals surface area contributed by atoms with Gasteiger partial charge in [-0.2, -0.15) is 0 Å². The number of primary sulfonamides is 1. The molecule has 0 fully saturated rings. The molecule has 2 N–H and O–H groups in total. The molecule has 0 heterocycles. The summed E-state index contributed by atoms with van der Waals surface area (Å²) < 4.78 is 32.9. The summed E-state index contributed by atoms with van der Waals surface area (Å²) in [6.45, 7) is 4.45. The first-order valence-electron chi connectivity index (χ1n) is 8.37. The molecule has 0 bridgehead atoms. The monoisotopic (exact) mass is 409 g/mol. The Morgan fingerprint density at radius 3 is 2.37 bits per heavy atom. The Hall–Kier alpha value is -2.03. The average molecular weight is 410 g/mol. The molecule has 0 amide bonds. The molecule has 2 aromatic carbocycles. The third-order valence-corrected chi connectivity index (χ3v) is 5.75. The van der Waals surface area contributed by atoms with Crippen molar-refractivity contribution in [3.63, 3.8) is 0 Å². The first-order chi connectivity index (χ1) is 12.8. The van der Waals surface area contributed by atoms with Crippen LogP contribution >= 0.6 is 11.8 Å². The first-order valence-corrected chi connectivity index (χ1v) is 10.9. The standard InChI is InChI=1S/C19H23NO5S2/c1-14-3-6-17(13-15(14)2)26-12-9-19(21)25-11-10-24-16-4-7-18(8-5-16)27(20,22)23/h3-8,13H,9-12H2,1-2H3,(H2,20,22,23). The summed E-state index contributed by atoms with van der Waals surface area (Å²) in [5.41, 5.74) is 2.48. The topological polar surface area (TPSA) is 95.7 Å². The van der Waals surface area contributed by atoms with Gasteiger partial charge in [-0.1, -0.05) is 6.07 Å². The van der Waals surface area contributed by atoms with Crippen molar-refractivity contribution in [1.29, 1.82) is 0 Å². The number of rotatable bonds is 9. The number of thioether (sulfide) groups is 1. The van der Waals surface area contributed by atoms with Gasteiger partial charge in [-0.15, -0.1) is 11.8 Å². The highest BCUT2D eigenvalue weighted by atomic mass is 32.2. The van der Waals surface area contributed by atoms with Crippen molar-refractivity contribution in [3.05, 3.63) is 53.6 Å². The molecule has 8 heteroatoms. The van der Waals surface area contributed by atoms with Gasteiger partial charge in [-0.05, 0) is 61.4 Å². The van der Waals surface area contributed by atoms with E-state index in [2.05, 4.69) is 26.0 Å². The van der Waals surface area contributed by atoms with Crippen molar-refractivity contribution in [1.82, 2.24) is 0 Å². The molecule has 0 unspecified atom stereocenters. The highest BCUT2D eigenvalue weighted by molar-refractivity contribution is 7.99. The lowest BCUT2D eigenvalue weighted by atomic mass is 10.1. The van der Waals surface area contributed by atoms with Crippen LogP contribution in [0.4, 0.5) is 0 Å². The van der Waals surface area contributed by atoms with Crippen LogP contribution in [-0.2, 0) is 19.6 Å². The number of hydrogen-bond acceptors (Lipinski definition) is 6. The number of carbonyl (C=O) groups is 1. The number of aryl methyl sites for hydroxylation is 2. The predicted octanol–water partition coefficient (Wildman–Crippen LogP) is 3.06. The van der Waals surface area contributed by atoms with E-state index in [1.165, 1.54) is 35.4 Å². The summed E-state index contributed by atoms with van der Waals surface area (Å²) in [4.78, 5) is 12.9. The smallest absolute Gasteiger partial charge is 0.306 e. The van der Waals surface area contributed by atoms with Crippen LogP contribution in [0.2, 0.25) is 0 Å². The lowest BCUT2D eigenvalue weighted by Crippen LogP contribution is -2.13. The summed E-state index contributed by atoms with van der Waals surface area (Å²) in [5.74, 6) is 0.847. The summed E-state index contributed by atoms with van der Waals surface area (Å²) in [6, 6.07) is 12.0. The number of carbonyl (C=O) groups excluding carboxylic acids is 1. The Kier molecular flexibility index (Phi) is 7.70. The minimum atomic E-state index is -3.72. The zero-order valence-electron chi connectivity index (χ0n) is 15.3. The molecule has 0 atom stereocenters. The maximum absolute atomic E-state index is 11.7.